The van der Waals surface area contributed by atoms with E-state index in [1.165, 1.54) is 32.1 Å². The zero-order valence-electron chi connectivity index (χ0n) is 12.1. The molecular formula is C14H29NOSi. The molecule has 0 aliphatic heterocycles. The monoisotopic (exact) mass is 255 g/mol. The molecule has 2 nitrogen and oxygen atoms in total. The minimum absolute atomic E-state index is 0.399. The van der Waals surface area contributed by atoms with Crippen molar-refractivity contribution in [3.05, 3.63) is 0 Å². The number of hydrogen-bond acceptors (Lipinski definition) is 2. The second-order valence-corrected chi connectivity index (χ2v) is 9.80. The van der Waals surface area contributed by atoms with Gasteiger partial charge in [0.15, 0.2) is 8.32 Å². The highest BCUT2D eigenvalue weighted by atomic mass is 28.4. The van der Waals surface area contributed by atoms with Crippen molar-refractivity contribution in [3.8, 4) is 6.07 Å². The Morgan fingerprint density at radius 3 is 2.47 bits per heavy atom. The van der Waals surface area contributed by atoms with Crippen LogP contribution < -0.4 is 0 Å². The van der Waals surface area contributed by atoms with Crippen LogP contribution in [0, 0.1) is 11.3 Å². The Morgan fingerprint density at radius 2 is 1.88 bits per heavy atom. The maximum atomic E-state index is 8.54. The van der Waals surface area contributed by atoms with Crippen LogP contribution >= 0.6 is 0 Å². The van der Waals surface area contributed by atoms with E-state index in [0.717, 1.165) is 12.5 Å². The van der Waals surface area contributed by atoms with Gasteiger partial charge in [-0.15, -0.1) is 0 Å². The van der Waals surface area contributed by atoms with Crippen LogP contribution in [-0.4, -0.2) is 14.4 Å². The Balaban J connectivity index is 3.69. The smallest absolute Gasteiger partial charge is 0.187 e. The predicted octanol–water partition coefficient (Wildman–Crippen LogP) is 4.87. The van der Waals surface area contributed by atoms with Gasteiger partial charge in [0.2, 0.25) is 0 Å². The number of unbranched alkanes of at least 4 members (excludes halogenated alkanes) is 4. The standard InChI is InChI=1S/C14H29NOSi/c1-5-6-7-8-11-14(2)16-17(3,4)13-10-9-12-15/h14H,5-11,13H2,1-4H3. The molecular weight excluding hydrogens is 226 g/mol. The fourth-order valence-electron chi connectivity index (χ4n) is 2.11. The Morgan fingerprint density at radius 1 is 1.18 bits per heavy atom. The van der Waals surface area contributed by atoms with Crippen molar-refractivity contribution in [2.45, 2.75) is 84.0 Å². The van der Waals surface area contributed by atoms with E-state index in [1.807, 2.05) is 0 Å². The van der Waals surface area contributed by atoms with Crippen LogP contribution in [0.1, 0.15) is 58.8 Å². The molecule has 0 aliphatic carbocycles. The number of rotatable bonds is 10. The quantitative estimate of drug-likeness (QED) is 0.412. The normalized spacial score (nSPS) is 13.4. The minimum atomic E-state index is -1.52. The first-order chi connectivity index (χ1) is 8.02. The highest BCUT2D eigenvalue weighted by Gasteiger charge is 2.24. The van der Waals surface area contributed by atoms with Gasteiger partial charge in [-0.3, -0.25) is 0 Å². The highest BCUT2D eigenvalue weighted by molar-refractivity contribution is 6.71. The van der Waals surface area contributed by atoms with E-state index in [0.29, 0.717) is 12.5 Å². The molecule has 1 unspecified atom stereocenters. The Kier molecular flexibility index (Phi) is 9.48. The Bertz CT molecular complexity index is 223. The van der Waals surface area contributed by atoms with Gasteiger partial charge in [0.25, 0.3) is 0 Å². The summed E-state index contributed by atoms with van der Waals surface area (Å²) in [7, 11) is -1.52. The summed E-state index contributed by atoms with van der Waals surface area (Å²) in [6.45, 7) is 8.98. The summed E-state index contributed by atoms with van der Waals surface area (Å²) in [6, 6.07) is 3.32. The molecule has 0 saturated heterocycles. The molecule has 0 amide bonds. The molecule has 100 valence electrons. The lowest BCUT2D eigenvalue weighted by atomic mass is 10.1. The zero-order chi connectivity index (χ0) is 13.1. The van der Waals surface area contributed by atoms with E-state index in [9.17, 15) is 0 Å². The number of hydrogen-bond donors (Lipinski definition) is 0. The average molecular weight is 255 g/mol. The fourth-order valence-corrected chi connectivity index (χ4v) is 4.47. The van der Waals surface area contributed by atoms with Gasteiger partial charge in [-0.2, -0.15) is 5.26 Å². The Labute approximate surface area is 108 Å². The third-order valence-electron chi connectivity index (χ3n) is 3.05. The molecule has 0 aliphatic rings. The summed E-state index contributed by atoms with van der Waals surface area (Å²) in [6.07, 6.45) is 8.52. The third-order valence-corrected chi connectivity index (χ3v) is 5.65. The topological polar surface area (TPSA) is 33.0 Å². The van der Waals surface area contributed by atoms with Gasteiger partial charge in [-0.05, 0) is 38.9 Å². The van der Waals surface area contributed by atoms with E-state index in [2.05, 4.69) is 33.0 Å². The van der Waals surface area contributed by atoms with Crippen LogP contribution in [0.4, 0.5) is 0 Å². The summed E-state index contributed by atoms with van der Waals surface area (Å²) in [4.78, 5) is 0. The van der Waals surface area contributed by atoms with E-state index in [4.69, 9.17) is 9.69 Å². The second kappa shape index (κ2) is 9.67. The molecule has 0 aromatic rings. The van der Waals surface area contributed by atoms with Gasteiger partial charge in [-0.1, -0.05) is 32.6 Å². The van der Waals surface area contributed by atoms with Crippen molar-refractivity contribution in [3.63, 3.8) is 0 Å². The largest absolute Gasteiger partial charge is 0.415 e. The van der Waals surface area contributed by atoms with E-state index in [-0.39, 0.29) is 0 Å². The Hall–Kier alpha value is -0.333. The molecule has 0 heterocycles. The number of nitrogens with zero attached hydrogens (tertiary/aromatic N) is 1. The van der Waals surface area contributed by atoms with Crippen LogP contribution in [0.2, 0.25) is 19.1 Å². The van der Waals surface area contributed by atoms with Crippen molar-refractivity contribution in [2.24, 2.45) is 0 Å². The van der Waals surface area contributed by atoms with Gasteiger partial charge < -0.3 is 4.43 Å². The predicted molar refractivity (Wildman–Crippen MR) is 76.4 cm³/mol. The molecule has 0 rings (SSSR count). The summed E-state index contributed by atoms with van der Waals surface area (Å²) >= 11 is 0. The molecule has 0 aromatic carbocycles. The fraction of sp³-hybridized carbons (Fsp3) is 0.929. The molecule has 17 heavy (non-hydrogen) atoms. The highest BCUT2D eigenvalue weighted by Crippen LogP contribution is 2.19. The zero-order valence-corrected chi connectivity index (χ0v) is 13.1. The lowest BCUT2D eigenvalue weighted by molar-refractivity contribution is 0.195. The maximum absolute atomic E-state index is 8.54. The first-order valence-electron chi connectivity index (χ1n) is 7.06. The van der Waals surface area contributed by atoms with Crippen molar-refractivity contribution in [2.75, 3.05) is 0 Å². The lowest BCUT2D eigenvalue weighted by Gasteiger charge is -2.27. The van der Waals surface area contributed by atoms with Crippen molar-refractivity contribution in [1.29, 1.82) is 5.26 Å². The van der Waals surface area contributed by atoms with Crippen LogP contribution in [0.25, 0.3) is 0 Å². The van der Waals surface area contributed by atoms with Gasteiger partial charge in [0, 0.05) is 12.5 Å². The molecule has 0 aromatic heterocycles. The second-order valence-electron chi connectivity index (χ2n) is 5.55. The van der Waals surface area contributed by atoms with Gasteiger partial charge in [0.05, 0.1) is 6.07 Å². The van der Waals surface area contributed by atoms with Gasteiger partial charge in [0.1, 0.15) is 0 Å². The lowest BCUT2D eigenvalue weighted by Crippen LogP contribution is -2.34. The summed E-state index contributed by atoms with van der Waals surface area (Å²) in [5, 5.41) is 8.54. The summed E-state index contributed by atoms with van der Waals surface area (Å²) in [5.41, 5.74) is 0. The van der Waals surface area contributed by atoms with E-state index in [1.54, 1.807) is 0 Å². The van der Waals surface area contributed by atoms with Crippen LogP contribution in [-0.2, 0) is 4.43 Å². The molecule has 0 bridgehead atoms. The van der Waals surface area contributed by atoms with Crippen molar-refractivity contribution >= 4 is 8.32 Å². The van der Waals surface area contributed by atoms with E-state index < -0.39 is 8.32 Å². The molecule has 0 N–H and O–H groups in total. The molecule has 0 radical (unpaired) electrons. The van der Waals surface area contributed by atoms with Crippen LogP contribution in [0.5, 0.6) is 0 Å². The molecule has 1 atom stereocenters. The first kappa shape index (κ1) is 16.7. The molecule has 0 spiro atoms. The third kappa shape index (κ3) is 10.5. The maximum Gasteiger partial charge on any atom is 0.187 e. The average Bonchev–Trinajstić information content (AvgIpc) is 2.24. The van der Waals surface area contributed by atoms with E-state index >= 15 is 0 Å². The van der Waals surface area contributed by atoms with Crippen LogP contribution in [0.15, 0.2) is 0 Å². The number of nitriles is 1. The van der Waals surface area contributed by atoms with Gasteiger partial charge in [-0.25, -0.2) is 0 Å². The summed E-state index contributed by atoms with van der Waals surface area (Å²) in [5.74, 6) is 0. The molecule has 0 saturated carbocycles. The van der Waals surface area contributed by atoms with Crippen molar-refractivity contribution in [1.82, 2.24) is 0 Å². The van der Waals surface area contributed by atoms with Crippen LogP contribution in [0.3, 0.4) is 0 Å². The summed E-state index contributed by atoms with van der Waals surface area (Å²) < 4.78 is 6.19. The van der Waals surface area contributed by atoms with Crippen molar-refractivity contribution < 1.29 is 4.43 Å². The first-order valence-corrected chi connectivity index (χ1v) is 10.2. The van der Waals surface area contributed by atoms with Gasteiger partial charge >= 0.3 is 0 Å². The SMILES string of the molecule is CCCCCCC(C)O[Si](C)(C)CCCC#N. The molecule has 3 heteroatoms. The molecule has 0 fully saturated rings. The minimum Gasteiger partial charge on any atom is -0.415 e.